The van der Waals surface area contributed by atoms with Crippen LogP contribution >= 0.6 is 11.5 Å². The van der Waals surface area contributed by atoms with Gasteiger partial charge in [-0.1, -0.05) is 54.6 Å². The Labute approximate surface area is 217 Å². The van der Waals surface area contributed by atoms with Crippen LogP contribution in [0.25, 0.3) is 10.4 Å². The second kappa shape index (κ2) is 12.2. The molecule has 36 heavy (non-hydrogen) atoms. The van der Waals surface area contributed by atoms with Crippen molar-refractivity contribution in [2.45, 2.75) is 64.9 Å². The summed E-state index contributed by atoms with van der Waals surface area (Å²) in [6.07, 6.45) is 3.96. The number of hydrogen-bond acceptors (Lipinski definition) is 6. The molecule has 6 nitrogen and oxygen atoms in total. The average molecular weight is 507 g/mol. The van der Waals surface area contributed by atoms with Crippen molar-refractivity contribution in [1.29, 1.82) is 0 Å². The number of nitrogens with zero attached hydrogens (tertiary/aromatic N) is 1. The third-order valence-electron chi connectivity index (χ3n) is 6.89. The highest BCUT2D eigenvalue weighted by atomic mass is 32.1. The monoisotopic (exact) mass is 506 g/mol. The highest BCUT2D eigenvalue weighted by Crippen LogP contribution is 2.39. The van der Waals surface area contributed by atoms with Crippen molar-refractivity contribution in [2.75, 3.05) is 11.9 Å². The standard InChI is InChI=1S/C29H34N2O4S/c1-4-34-26(32)18-21-10-12-23(13-11-21)24-14-16-25(17-15-24)28-27(19(2)31-36-28)30-29(33)35-20(3)22-8-6-5-7-9-22/h5-9,14-17,20-21,23H,4,10-13,18H2,1-3H3,(H,30,33)/t20-,21?,23?/m1/s1. The van der Waals surface area contributed by atoms with E-state index in [4.69, 9.17) is 9.47 Å². The van der Waals surface area contributed by atoms with Crippen LogP contribution in [0.15, 0.2) is 54.6 Å². The maximum absolute atomic E-state index is 12.6. The molecule has 1 aliphatic carbocycles. The summed E-state index contributed by atoms with van der Waals surface area (Å²) in [5.41, 5.74) is 4.74. The van der Waals surface area contributed by atoms with Crippen LogP contribution in [-0.2, 0) is 14.3 Å². The summed E-state index contributed by atoms with van der Waals surface area (Å²) in [4.78, 5) is 25.3. The first-order chi connectivity index (χ1) is 17.4. The molecule has 1 amide bonds. The normalized spacial score (nSPS) is 18.3. The van der Waals surface area contributed by atoms with Crippen molar-refractivity contribution in [2.24, 2.45) is 5.92 Å². The number of ether oxygens (including phenoxy) is 2. The van der Waals surface area contributed by atoms with Crippen LogP contribution in [-0.4, -0.2) is 23.0 Å². The van der Waals surface area contributed by atoms with E-state index in [9.17, 15) is 9.59 Å². The van der Waals surface area contributed by atoms with Crippen LogP contribution in [0, 0.1) is 12.8 Å². The van der Waals surface area contributed by atoms with Crippen LogP contribution < -0.4 is 5.32 Å². The first kappa shape index (κ1) is 25.9. The Morgan fingerprint density at radius 2 is 1.75 bits per heavy atom. The third kappa shape index (κ3) is 6.52. The number of esters is 1. The minimum atomic E-state index is -0.493. The molecule has 0 spiro atoms. The number of nitrogens with one attached hydrogen (secondary N) is 1. The molecule has 1 atom stereocenters. The predicted octanol–water partition coefficient (Wildman–Crippen LogP) is 7.66. The Hall–Kier alpha value is -3.19. The van der Waals surface area contributed by atoms with Gasteiger partial charge in [-0.2, -0.15) is 4.37 Å². The Bertz CT molecular complexity index is 1150. The Morgan fingerprint density at radius 3 is 2.42 bits per heavy atom. The van der Waals surface area contributed by atoms with Crippen LogP contribution in [0.1, 0.15) is 74.8 Å². The van der Waals surface area contributed by atoms with Gasteiger partial charge in [0.2, 0.25) is 0 Å². The summed E-state index contributed by atoms with van der Waals surface area (Å²) in [5.74, 6) is 0.860. The second-order valence-electron chi connectivity index (χ2n) is 9.40. The number of rotatable bonds is 8. The molecule has 3 aromatic rings. The van der Waals surface area contributed by atoms with Gasteiger partial charge in [0.05, 0.1) is 22.9 Å². The van der Waals surface area contributed by atoms with Crippen molar-refractivity contribution >= 4 is 29.3 Å². The van der Waals surface area contributed by atoms with Gasteiger partial charge in [-0.3, -0.25) is 10.1 Å². The summed E-state index contributed by atoms with van der Waals surface area (Å²) in [5, 5.41) is 2.91. The first-order valence-electron chi connectivity index (χ1n) is 12.7. The van der Waals surface area contributed by atoms with E-state index in [1.54, 1.807) is 0 Å². The minimum absolute atomic E-state index is 0.0760. The lowest BCUT2D eigenvalue weighted by atomic mass is 9.77. The van der Waals surface area contributed by atoms with E-state index < -0.39 is 6.09 Å². The fourth-order valence-electron chi connectivity index (χ4n) is 4.86. The van der Waals surface area contributed by atoms with Gasteiger partial charge in [0.15, 0.2) is 0 Å². The molecule has 0 radical (unpaired) electrons. The SMILES string of the molecule is CCOC(=O)CC1CCC(c2ccc(-c3snc(C)c3NC(=O)O[C@H](C)c3ccccc3)cc2)CC1. The van der Waals surface area contributed by atoms with Crippen molar-refractivity contribution < 1.29 is 19.1 Å². The topological polar surface area (TPSA) is 77.5 Å². The fourth-order valence-corrected chi connectivity index (χ4v) is 5.71. The molecule has 0 aliphatic heterocycles. The molecule has 4 rings (SSSR count). The van der Waals surface area contributed by atoms with E-state index >= 15 is 0 Å². The van der Waals surface area contributed by atoms with Gasteiger partial charge in [0.25, 0.3) is 0 Å². The molecular weight excluding hydrogens is 472 g/mol. The zero-order valence-corrected chi connectivity index (χ0v) is 22.0. The minimum Gasteiger partial charge on any atom is -0.466 e. The van der Waals surface area contributed by atoms with E-state index in [0.717, 1.165) is 47.4 Å². The van der Waals surface area contributed by atoms with Crippen molar-refractivity contribution in [1.82, 2.24) is 4.37 Å². The highest BCUT2D eigenvalue weighted by molar-refractivity contribution is 7.10. The number of aromatic nitrogens is 1. The van der Waals surface area contributed by atoms with E-state index in [-0.39, 0.29) is 12.1 Å². The third-order valence-corrected chi connectivity index (χ3v) is 7.88. The molecule has 7 heteroatoms. The van der Waals surface area contributed by atoms with E-state index in [1.807, 2.05) is 51.1 Å². The molecule has 1 heterocycles. The smallest absolute Gasteiger partial charge is 0.412 e. The molecule has 190 valence electrons. The predicted molar refractivity (Wildman–Crippen MR) is 143 cm³/mol. The molecule has 2 aromatic carbocycles. The summed E-state index contributed by atoms with van der Waals surface area (Å²) in [6.45, 7) is 6.05. The molecule has 0 unspecified atom stereocenters. The maximum atomic E-state index is 12.6. The van der Waals surface area contributed by atoms with E-state index in [2.05, 4.69) is 34.0 Å². The molecule has 0 bridgehead atoms. The number of aryl methyl sites for hydroxylation is 1. The van der Waals surface area contributed by atoms with Gasteiger partial charge in [-0.05, 0) is 86.5 Å². The lowest BCUT2D eigenvalue weighted by Gasteiger charge is -2.28. The van der Waals surface area contributed by atoms with Crippen molar-refractivity contribution in [3.05, 3.63) is 71.4 Å². The van der Waals surface area contributed by atoms with Crippen LogP contribution in [0.2, 0.25) is 0 Å². The summed E-state index contributed by atoms with van der Waals surface area (Å²) in [7, 11) is 0. The zero-order chi connectivity index (χ0) is 25.5. The molecule has 0 saturated heterocycles. The lowest BCUT2D eigenvalue weighted by molar-refractivity contribution is -0.144. The summed E-state index contributed by atoms with van der Waals surface area (Å²) < 4.78 is 15.2. The molecule has 1 N–H and O–H groups in total. The lowest BCUT2D eigenvalue weighted by Crippen LogP contribution is -2.18. The molecule has 1 saturated carbocycles. The fraction of sp³-hybridized carbons (Fsp3) is 0.414. The molecular formula is C29H34N2O4S. The van der Waals surface area contributed by atoms with Crippen LogP contribution in [0.5, 0.6) is 0 Å². The number of benzene rings is 2. The van der Waals surface area contributed by atoms with Crippen LogP contribution in [0.4, 0.5) is 10.5 Å². The van der Waals surface area contributed by atoms with E-state index in [1.165, 1.54) is 17.1 Å². The molecule has 1 aromatic heterocycles. The first-order valence-corrected chi connectivity index (χ1v) is 13.5. The average Bonchev–Trinajstić information content (AvgIpc) is 3.25. The largest absolute Gasteiger partial charge is 0.466 e. The summed E-state index contributed by atoms with van der Waals surface area (Å²) in [6, 6.07) is 18.2. The molecule has 1 fully saturated rings. The number of anilines is 1. The maximum Gasteiger partial charge on any atom is 0.412 e. The van der Waals surface area contributed by atoms with Crippen molar-refractivity contribution in [3.63, 3.8) is 0 Å². The van der Waals surface area contributed by atoms with Gasteiger partial charge in [-0.25, -0.2) is 4.79 Å². The van der Waals surface area contributed by atoms with Gasteiger partial charge >= 0.3 is 12.1 Å². The van der Waals surface area contributed by atoms with Gasteiger partial charge < -0.3 is 9.47 Å². The van der Waals surface area contributed by atoms with E-state index in [0.29, 0.717) is 30.6 Å². The quantitative estimate of drug-likeness (QED) is 0.317. The van der Waals surface area contributed by atoms with Gasteiger partial charge in [-0.15, -0.1) is 0 Å². The number of hydrogen-bond donors (Lipinski definition) is 1. The highest BCUT2D eigenvalue weighted by Gasteiger charge is 2.25. The Morgan fingerprint density at radius 1 is 1.06 bits per heavy atom. The Balaban J connectivity index is 1.37. The van der Waals surface area contributed by atoms with Crippen LogP contribution in [0.3, 0.4) is 0 Å². The number of carbonyl (C=O) groups is 2. The summed E-state index contributed by atoms with van der Waals surface area (Å²) >= 11 is 1.37. The van der Waals surface area contributed by atoms with Gasteiger partial charge in [0, 0.05) is 6.42 Å². The number of carbonyl (C=O) groups excluding carboxylic acids is 2. The zero-order valence-electron chi connectivity index (χ0n) is 21.2. The number of amides is 1. The van der Waals surface area contributed by atoms with Crippen molar-refractivity contribution in [3.8, 4) is 10.4 Å². The Kier molecular flexibility index (Phi) is 8.75. The second-order valence-corrected chi connectivity index (χ2v) is 10.2. The van der Waals surface area contributed by atoms with Gasteiger partial charge in [0.1, 0.15) is 6.10 Å². The molecule has 1 aliphatic rings.